The van der Waals surface area contributed by atoms with E-state index in [-0.39, 0.29) is 18.3 Å². The molecule has 1 aromatic rings. The molecule has 1 heterocycles. The molecule has 0 unspecified atom stereocenters. The van der Waals surface area contributed by atoms with E-state index in [9.17, 15) is 13.9 Å². The predicted molar refractivity (Wildman–Crippen MR) is 98.1 cm³/mol. The number of nitrogens with zero attached hydrogens (tertiary/aromatic N) is 2. The molecule has 8 heteroatoms. The summed E-state index contributed by atoms with van der Waals surface area (Å²) < 4.78 is 29.9. The smallest absolute Gasteiger partial charge is 0.251 e. The first-order chi connectivity index (χ1) is 12.5. The first kappa shape index (κ1) is 20.2. The van der Waals surface area contributed by atoms with Gasteiger partial charge in [-0.25, -0.2) is 13.8 Å². The number of guanidine groups is 1. The van der Waals surface area contributed by atoms with Crippen LogP contribution in [0.3, 0.4) is 0 Å². The highest BCUT2D eigenvalue weighted by molar-refractivity contribution is 5.80. The van der Waals surface area contributed by atoms with Crippen LogP contribution in [0, 0.1) is 0 Å². The van der Waals surface area contributed by atoms with Gasteiger partial charge in [0.25, 0.3) is 6.43 Å². The minimum Gasteiger partial charge on any atom is -0.504 e. The Balaban J connectivity index is 1.90. The third kappa shape index (κ3) is 6.33. The number of piperidine rings is 1. The van der Waals surface area contributed by atoms with Gasteiger partial charge in [0.2, 0.25) is 0 Å². The number of aromatic hydroxyl groups is 1. The van der Waals surface area contributed by atoms with Gasteiger partial charge in [0.1, 0.15) is 0 Å². The van der Waals surface area contributed by atoms with Gasteiger partial charge in [-0.1, -0.05) is 6.07 Å². The van der Waals surface area contributed by atoms with Crippen LogP contribution in [-0.2, 0) is 6.54 Å². The van der Waals surface area contributed by atoms with E-state index < -0.39 is 6.43 Å². The van der Waals surface area contributed by atoms with Crippen molar-refractivity contribution in [2.24, 2.45) is 4.99 Å². The van der Waals surface area contributed by atoms with Gasteiger partial charge < -0.3 is 20.5 Å². The summed E-state index contributed by atoms with van der Waals surface area (Å²) in [7, 11) is 1.51. The zero-order chi connectivity index (χ0) is 18.9. The number of nitrogens with one attached hydrogen (secondary N) is 2. The fourth-order valence-corrected chi connectivity index (χ4v) is 2.97. The van der Waals surface area contributed by atoms with Crippen LogP contribution < -0.4 is 15.4 Å². The zero-order valence-corrected chi connectivity index (χ0v) is 15.3. The molecule has 1 aromatic carbocycles. The Hall–Kier alpha value is -2.09. The third-order valence-corrected chi connectivity index (χ3v) is 4.33. The molecule has 0 radical (unpaired) electrons. The molecule has 1 fully saturated rings. The molecule has 1 saturated heterocycles. The van der Waals surface area contributed by atoms with Gasteiger partial charge in [0.15, 0.2) is 17.5 Å². The number of alkyl halides is 2. The van der Waals surface area contributed by atoms with Crippen molar-refractivity contribution in [2.75, 3.05) is 33.3 Å². The second kappa shape index (κ2) is 10.2. The third-order valence-electron chi connectivity index (χ3n) is 4.33. The molecule has 0 aromatic heterocycles. The number of benzene rings is 1. The number of hydrogen-bond donors (Lipinski definition) is 3. The number of halogens is 2. The number of methoxy groups -OCH3 is 1. The number of aliphatic imine (C=N–C) groups is 1. The summed E-state index contributed by atoms with van der Waals surface area (Å²) in [5.74, 6) is 1.21. The molecule has 146 valence electrons. The van der Waals surface area contributed by atoms with Crippen molar-refractivity contribution >= 4 is 5.96 Å². The molecule has 0 atom stereocenters. The first-order valence-electron chi connectivity index (χ1n) is 8.93. The number of hydrogen-bond acceptors (Lipinski definition) is 4. The van der Waals surface area contributed by atoms with Crippen molar-refractivity contribution in [3.63, 3.8) is 0 Å². The summed E-state index contributed by atoms with van der Waals surface area (Å²) in [4.78, 5) is 6.35. The highest BCUT2D eigenvalue weighted by Crippen LogP contribution is 2.26. The minimum absolute atomic E-state index is 0.0876. The van der Waals surface area contributed by atoms with E-state index in [4.69, 9.17) is 4.74 Å². The maximum absolute atomic E-state index is 12.5. The predicted octanol–water partition coefficient (Wildman–Crippen LogP) is 2.19. The maximum Gasteiger partial charge on any atom is 0.251 e. The lowest BCUT2D eigenvalue weighted by Gasteiger charge is -2.32. The van der Waals surface area contributed by atoms with Crippen LogP contribution >= 0.6 is 0 Å². The Labute approximate surface area is 153 Å². The van der Waals surface area contributed by atoms with E-state index in [1.54, 1.807) is 17.0 Å². The van der Waals surface area contributed by atoms with Crippen LogP contribution in [0.2, 0.25) is 0 Å². The number of phenolic OH excluding ortho intramolecular Hbond substituents is 1. The van der Waals surface area contributed by atoms with Crippen molar-refractivity contribution in [1.29, 1.82) is 0 Å². The monoisotopic (exact) mass is 370 g/mol. The molecule has 0 aliphatic carbocycles. The van der Waals surface area contributed by atoms with Crippen molar-refractivity contribution in [3.05, 3.63) is 23.8 Å². The molecule has 0 spiro atoms. The average molecular weight is 370 g/mol. The largest absolute Gasteiger partial charge is 0.504 e. The van der Waals surface area contributed by atoms with E-state index in [0.717, 1.165) is 24.9 Å². The van der Waals surface area contributed by atoms with E-state index >= 15 is 0 Å². The number of phenols is 1. The Bertz CT molecular complexity index is 591. The molecule has 3 N–H and O–H groups in total. The van der Waals surface area contributed by atoms with Gasteiger partial charge in [0, 0.05) is 25.7 Å². The SMILES string of the molecule is CCNC(=NCc1ccc(OC)c(O)c1)NC1CCN(CC(F)F)CC1. The summed E-state index contributed by atoms with van der Waals surface area (Å²) >= 11 is 0. The van der Waals surface area contributed by atoms with Crippen molar-refractivity contribution in [2.45, 2.75) is 38.8 Å². The van der Waals surface area contributed by atoms with Gasteiger partial charge >= 0.3 is 0 Å². The first-order valence-corrected chi connectivity index (χ1v) is 8.93. The molecule has 0 bridgehead atoms. The molecule has 0 saturated carbocycles. The Morgan fingerprint density at radius 2 is 2.12 bits per heavy atom. The Morgan fingerprint density at radius 3 is 2.69 bits per heavy atom. The summed E-state index contributed by atoms with van der Waals surface area (Å²) in [6.45, 7) is 4.30. The lowest BCUT2D eigenvalue weighted by molar-refractivity contribution is 0.0744. The number of ether oxygens (including phenoxy) is 1. The lowest BCUT2D eigenvalue weighted by atomic mass is 10.1. The average Bonchev–Trinajstić information content (AvgIpc) is 2.61. The standard InChI is InChI=1S/C18H28F2N4O2/c1-3-21-18(22-11-13-4-5-16(26-2)15(25)10-13)23-14-6-8-24(9-7-14)12-17(19)20/h4-5,10,14,17,25H,3,6-9,11-12H2,1-2H3,(H2,21,22,23). The van der Waals surface area contributed by atoms with Crippen molar-refractivity contribution < 1.29 is 18.6 Å². The Morgan fingerprint density at radius 1 is 1.38 bits per heavy atom. The fourth-order valence-electron chi connectivity index (χ4n) is 2.97. The quantitative estimate of drug-likeness (QED) is 0.507. The highest BCUT2D eigenvalue weighted by Gasteiger charge is 2.21. The van der Waals surface area contributed by atoms with Gasteiger partial charge in [-0.2, -0.15) is 0 Å². The summed E-state index contributed by atoms with van der Waals surface area (Å²) in [6, 6.07) is 5.41. The van der Waals surface area contributed by atoms with Crippen molar-refractivity contribution in [3.8, 4) is 11.5 Å². The molecule has 0 amide bonds. The van der Waals surface area contributed by atoms with Crippen LogP contribution in [0.1, 0.15) is 25.3 Å². The normalized spacial score (nSPS) is 16.7. The van der Waals surface area contributed by atoms with Crippen LogP contribution in [-0.4, -0.2) is 61.7 Å². The minimum atomic E-state index is -2.28. The van der Waals surface area contributed by atoms with Crippen molar-refractivity contribution in [1.82, 2.24) is 15.5 Å². The van der Waals surface area contributed by atoms with Crippen LogP contribution in [0.15, 0.2) is 23.2 Å². The highest BCUT2D eigenvalue weighted by atomic mass is 19.3. The summed E-state index contributed by atoms with van der Waals surface area (Å²) in [5.41, 5.74) is 0.868. The molecular weight excluding hydrogens is 342 g/mol. The van der Waals surface area contributed by atoms with Gasteiger partial charge in [-0.05, 0) is 37.5 Å². The molecule has 2 rings (SSSR count). The lowest BCUT2D eigenvalue weighted by Crippen LogP contribution is -2.49. The van der Waals surface area contributed by atoms with E-state index in [1.165, 1.54) is 7.11 Å². The molecule has 1 aliphatic rings. The van der Waals surface area contributed by atoms with E-state index in [1.807, 2.05) is 13.0 Å². The molecular formula is C18H28F2N4O2. The summed E-state index contributed by atoms with van der Waals surface area (Å²) in [6.07, 6.45) is -0.666. The van der Waals surface area contributed by atoms with Gasteiger partial charge in [-0.3, -0.25) is 4.90 Å². The molecule has 1 aliphatic heterocycles. The van der Waals surface area contributed by atoms with Crippen LogP contribution in [0.5, 0.6) is 11.5 Å². The van der Waals surface area contributed by atoms with E-state index in [2.05, 4.69) is 15.6 Å². The number of likely N-dealkylation sites (tertiary alicyclic amines) is 1. The maximum atomic E-state index is 12.5. The number of rotatable bonds is 7. The molecule has 6 nitrogen and oxygen atoms in total. The Kier molecular flexibility index (Phi) is 7.90. The second-order valence-corrected chi connectivity index (χ2v) is 6.31. The fraction of sp³-hybridized carbons (Fsp3) is 0.611. The van der Waals surface area contributed by atoms with Gasteiger partial charge in [0.05, 0.1) is 20.2 Å². The second-order valence-electron chi connectivity index (χ2n) is 6.31. The van der Waals surface area contributed by atoms with Gasteiger partial charge in [-0.15, -0.1) is 0 Å². The van der Waals surface area contributed by atoms with E-state index in [0.29, 0.717) is 31.3 Å². The summed E-state index contributed by atoms with van der Waals surface area (Å²) in [5, 5.41) is 16.4. The topological polar surface area (TPSA) is 69.1 Å². The molecule has 26 heavy (non-hydrogen) atoms. The van der Waals surface area contributed by atoms with Crippen LogP contribution in [0.25, 0.3) is 0 Å². The zero-order valence-electron chi connectivity index (χ0n) is 15.3. The van der Waals surface area contributed by atoms with Crippen LogP contribution in [0.4, 0.5) is 8.78 Å².